The van der Waals surface area contributed by atoms with E-state index in [9.17, 15) is 14.4 Å². The van der Waals surface area contributed by atoms with Gasteiger partial charge in [0.2, 0.25) is 5.91 Å². The van der Waals surface area contributed by atoms with Gasteiger partial charge in [0.25, 0.3) is 5.91 Å². The molecule has 0 aliphatic carbocycles. The Bertz CT molecular complexity index is 994. The van der Waals surface area contributed by atoms with Crippen LogP contribution in [0.25, 0.3) is 0 Å². The Morgan fingerprint density at radius 1 is 1.09 bits per heavy atom. The number of carbonyl (C=O) groups is 3. The zero-order valence-corrected chi connectivity index (χ0v) is 19.7. The van der Waals surface area contributed by atoms with Gasteiger partial charge in [0.05, 0.1) is 29.6 Å². The van der Waals surface area contributed by atoms with Gasteiger partial charge in [0, 0.05) is 50.3 Å². The van der Waals surface area contributed by atoms with Gasteiger partial charge in [-0.25, -0.2) is 4.98 Å². The normalized spacial score (nSPS) is 17.1. The van der Waals surface area contributed by atoms with E-state index in [2.05, 4.69) is 15.2 Å². The monoisotopic (exact) mass is 470 g/mol. The van der Waals surface area contributed by atoms with Crippen LogP contribution in [0.4, 0.5) is 11.4 Å². The molecule has 1 aromatic heterocycles. The molecule has 4 rings (SSSR count). The van der Waals surface area contributed by atoms with Crippen molar-refractivity contribution in [3.8, 4) is 0 Å². The first-order valence-electron chi connectivity index (χ1n) is 11.5. The summed E-state index contributed by atoms with van der Waals surface area (Å²) in [7, 11) is 0. The van der Waals surface area contributed by atoms with Gasteiger partial charge in [-0.2, -0.15) is 0 Å². The summed E-state index contributed by atoms with van der Waals surface area (Å²) in [6, 6.07) is 7.81. The fraction of sp³-hybridized carbons (Fsp3) is 0.500. The van der Waals surface area contributed by atoms with Gasteiger partial charge >= 0.3 is 0 Å². The van der Waals surface area contributed by atoms with Crippen LogP contribution < -0.4 is 10.2 Å². The molecule has 0 atom stereocenters. The SMILES string of the molecule is CC(=O)CCC(=O)N1CCC(c2nc(C(=O)Nc3ccccc3N3CCOCC3)cs2)CC1. The molecule has 0 unspecified atom stereocenters. The third-order valence-electron chi connectivity index (χ3n) is 6.15. The summed E-state index contributed by atoms with van der Waals surface area (Å²) in [6.07, 6.45) is 2.23. The number of nitrogens with one attached hydrogen (secondary N) is 1. The number of benzene rings is 1. The van der Waals surface area contributed by atoms with E-state index in [1.807, 2.05) is 34.5 Å². The van der Waals surface area contributed by atoms with Crippen molar-refractivity contribution in [3.63, 3.8) is 0 Å². The molecule has 2 fully saturated rings. The quantitative estimate of drug-likeness (QED) is 0.668. The molecular weight excluding hydrogens is 440 g/mol. The molecule has 0 radical (unpaired) electrons. The molecule has 3 heterocycles. The first-order valence-corrected chi connectivity index (χ1v) is 12.3. The Labute approximate surface area is 197 Å². The van der Waals surface area contributed by atoms with Crippen LogP contribution in [0, 0.1) is 0 Å². The predicted octanol–water partition coefficient (Wildman–Crippen LogP) is 3.31. The second kappa shape index (κ2) is 10.9. The van der Waals surface area contributed by atoms with Crippen LogP contribution in [0.3, 0.4) is 0 Å². The molecule has 0 bridgehead atoms. The van der Waals surface area contributed by atoms with Gasteiger partial charge in [-0.1, -0.05) is 12.1 Å². The highest BCUT2D eigenvalue weighted by Crippen LogP contribution is 2.31. The lowest BCUT2D eigenvalue weighted by Gasteiger charge is -2.31. The number of ketones is 1. The van der Waals surface area contributed by atoms with E-state index in [-0.39, 0.29) is 29.9 Å². The smallest absolute Gasteiger partial charge is 0.275 e. The summed E-state index contributed by atoms with van der Waals surface area (Å²) in [5, 5.41) is 5.78. The average Bonchev–Trinajstić information content (AvgIpc) is 3.34. The number of nitrogens with zero attached hydrogens (tertiary/aromatic N) is 3. The minimum Gasteiger partial charge on any atom is -0.378 e. The second-order valence-electron chi connectivity index (χ2n) is 8.50. The molecule has 2 saturated heterocycles. The number of likely N-dealkylation sites (tertiary alicyclic amines) is 1. The molecule has 0 spiro atoms. The average molecular weight is 471 g/mol. The van der Waals surface area contributed by atoms with Crippen LogP contribution in [-0.4, -0.2) is 66.9 Å². The van der Waals surface area contributed by atoms with Gasteiger partial charge < -0.3 is 24.6 Å². The summed E-state index contributed by atoms with van der Waals surface area (Å²) in [5.41, 5.74) is 2.19. The zero-order chi connectivity index (χ0) is 23.2. The van der Waals surface area contributed by atoms with Gasteiger partial charge in [0.15, 0.2) is 0 Å². The summed E-state index contributed by atoms with van der Waals surface area (Å²) in [5.74, 6) is 0.116. The number of Topliss-reactive ketones (excluding diaryl/α,β-unsaturated/α-hetero) is 1. The lowest BCUT2D eigenvalue weighted by molar-refractivity contribution is -0.133. The number of hydrogen-bond donors (Lipinski definition) is 1. The fourth-order valence-corrected chi connectivity index (χ4v) is 5.21. The van der Waals surface area contributed by atoms with Crippen molar-refractivity contribution in [2.75, 3.05) is 49.6 Å². The predicted molar refractivity (Wildman–Crippen MR) is 128 cm³/mol. The Morgan fingerprint density at radius 3 is 2.55 bits per heavy atom. The molecule has 0 saturated carbocycles. The minimum absolute atomic E-state index is 0.0411. The highest BCUT2D eigenvalue weighted by molar-refractivity contribution is 7.10. The van der Waals surface area contributed by atoms with Gasteiger partial charge in [0.1, 0.15) is 11.5 Å². The molecule has 2 aliphatic rings. The standard InChI is InChI=1S/C24H30N4O4S/c1-17(29)6-7-22(30)28-10-8-18(9-11-28)24-26-20(16-33-24)23(31)25-19-4-2-3-5-21(19)27-12-14-32-15-13-27/h2-5,16,18H,6-15H2,1H3,(H,25,31). The molecule has 8 nitrogen and oxygen atoms in total. The number of aromatic nitrogens is 1. The molecule has 33 heavy (non-hydrogen) atoms. The molecule has 1 N–H and O–H groups in total. The van der Waals surface area contributed by atoms with Crippen LogP contribution in [0.5, 0.6) is 0 Å². The number of hydrogen-bond acceptors (Lipinski definition) is 7. The van der Waals surface area contributed by atoms with Crippen molar-refractivity contribution in [2.45, 2.75) is 38.5 Å². The lowest BCUT2D eigenvalue weighted by Crippen LogP contribution is -2.38. The van der Waals surface area contributed by atoms with E-state index in [0.29, 0.717) is 38.4 Å². The van der Waals surface area contributed by atoms with E-state index in [4.69, 9.17) is 4.74 Å². The first-order chi connectivity index (χ1) is 16.0. The van der Waals surface area contributed by atoms with Crippen molar-refractivity contribution < 1.29 is 19.1 Å². The Balaban J connectivity index is 1.34. The summed E-state index contributed by atoms with van der Waals surface area (Å²) < 4.78 is 5.44. The molecule has 1 aromatic carbocycles. The first kappa shape index (κ1) is 23.4. The molecular formula is C24H30N4O4S. The minimum atomic E-state index is -0.213. The van der Waals surface area contributed by atoms with Crippen LogP contribution in [0.1, 0.15) is 54.0 Å². The summed E-state index contributed by atoms with van der Waals surface area (Å²) >= 11 is 1.50. The number of ether oxygens (including phenoxy) is 1. The van der Waals surface area contributed by atoms with Crippen molar-refractivity contribution in [2.24, 2.45) is 0 Å². The number of amides is 2. The molecule has 2 aliphatic heterocycles. The summed E-state index contributed by atoms with van der Waals surface area (Å²) in [6.45, 7) is 5.78. The highest BCUT2D eigenvalue weighted by atomic mass is 32.1. The number of rotatable bonds is 7. The van der Waals surface area contributed by atoms with Gasteiger partial charge in [-0.3, -0.25) is 9.59 Å². The third kappa shape index (κ3) is 5.97. The van der Waals surface area contributed by atoms with Crippen LogP contribution in [-0.2, 0) is 14.3 Å². The largest absolute Gasteiger partial charge is 0.378 e. The maximum atomic E-state index is 12.9. The maximum absolute atomic E-state index is 12.9. The van der Waals surface area contributed by atoms with Crippen molar-refractivity contribution in [1.82, 2.24) is 9.88 Å². The highest BCUT2D eigenvalue weighted by Gasteiger charge is 2.26. The maximum Gasteiger partial charge on any atom is 0.275 e. The van der Waals surface area contributed by atoms with Crippen molar-refractivity contribution in [1.29, 1.82) is 0 Å². The van der Waals surface area contributed by atoms with E-state index in [1.54, 1.807) is 0 Å². The number of piperidine rings is 1. The molecule has 2 aromatic rings. The van der Waals surface area contributed by atoms with Crippen molar-refractivity contribution >= 4 is 40.3 Å². The number of anilines is 2. The zero-order valence-electron chi connectivity index (χ0n) is 18.9. The van der Waals surface area contributed by atoms with Gasteiger partial charge in [-0.05, 0) is 31.9 Å². The van der Waals surface area contributed by atoms with E-state index in [1.165, 1.54) is 18.3 Å². The van der Waals surface area contributed by atoms with E-state index in [0.717, 1.165) is 42.3 Å². The molecule has 176 valence electrons. The van der Waals surface area contributed by atoms with Crippen LogP contribution in [0.2, 0.25) is 0 Å². The topological polar surface area (TPSA) is 91.8 Å². The van der Waals surface area contributed by atoms with Crippen molar-refractivity contribution in [3.05, 3.63) is 40.3 Å². The second-order valence-corrected chi connectivity index (χ2v) is 9.39. The lowest BCUT2D eigenvalue weighted by atomic mass is 9.97. The molecule has 9 heteroatoms. The Kier molecular flexibility index (Phi) is 7.72. The van der Waals surface area contributed by atoms with Crippen LogP contribution >= 0.6 is 11.3 Å². The number of carbonyl (C=O) groups excluding carboxylic acids is 3. The fourth-order valence-electron chi connectivity index (χ4n) is 4.24. The molecule has 2 amide bonds. The Morgan fingerprint density at radius 2 is 1.82 bits per heavy atom. The van der Waals surface area contributed by atoms with E-state index < -0.39 is 0 Å². The number of para-hydroxylation sites is 2. The third-order valence-corrected chi connectivity index (χ3v) is 7.15. The summed E-state index contributed by atoms with van der Waals surface area (Å²) in [4.78, 5) is 45.0. The number of thiazole rings is 1. The van der Waals surface area contributed by atoms with E-state index >= 15 is 0 Å². The van der Waals surface area contributed by atoms with Gasteiger partial charge in [-0.15, -0.1) is 11.3 Å². The number of morpholine rings is 1. The Hall–Kier alpha value is -2.78. The van der Waals surface area contributed by atoms with Crippen LogP contribution in [0.15, 0.2) is 29.6 Å².